The molecule has 3 aromatic rings. The minimum atomic E-state index is -3.98. The zero-order chi connectivity index (χ0) is 34.5. The number of piperidine rings is 1. The molecule has 49 heavy (non-hydrogen) atoms. The quantitative estimate of drug-likeness (QED) is 0.405. The van der Waals surface area contributed by atoms with Gasteiger partial charge in [0.25, 0.3) is 0 Å². The number of fused-ring (bicyclic) bond motifs is 6. The average molecular weight is 698 g/mol. The fourth-order valence-corrected chi connectivity index (χ4v) is 8.39. The first-order valence-corrected chi connectivity index (χ1v) is 18.5. The Bertz CT molecular complexity index is 1770. The van der Waals surface area contributed by atoms with Gasteiger partial charge in [0.15, 0.2) is 23.0 Å². The lowest BCUT2D eigenvalue weighted by atomic mass is 9.97. The van der Waals surface area contributed by atoms with Crippen LogP contribution in [0.5, 0.6) is 28.7 Å². The second-order valence-corrected chi connectivity index (χ2v) is 14.6. The maximum absolute atomic E-state index is 13.9. The molecule has 1 saturated heterocycles. The van der Waals surface area contributed by atoms with Gasteiger partial charge in [-0.1, -0.05) is 6.92 Å². The van der Waals surface area contributed by atoms with Crippen LogP contribution in [0.15, 0.2) is 35.2 Å². The molecule has 0 radical (unpaired) electrons. The van der Waals surface area contributed by atoms with E-state index in [0.717, 1.165) is 61.2 Å². The third-order valence-electron chi connectivity index (χ3n) is 9.53. The summed E-state index contributed by atoms with van der Waals surface area (Å²) in [4.78, 5) is 23.3. The zero-order valence-corrected chi connectivity index (χ0v) is 29.6. The molecule has 0 saturated carbocycles. The van der Waals surface area contributed by atoms with Gasteiger partial charge in [0.1, 0.15) is 19.0 Å². The molecule has 6 rings (SSSR count). The van der Waals surface area contributed by atoms with Crippen LogP contribution in [0.2, 0.25) is 0 Å². The van der Waals surface area contributed by atoms with Gasteiger partial charge in [-0.25, -0.2) is 13.4 Å². The molecule has 2 bridgehead atoms. The predicted octanol–water partition coefficient (Wildman–Crippen LogP) is 3.67. The fourth-order valence-electron chi connectivity index (χ4n) is 6.94. The van der Waals surface area contributed by atoms with Gasteiger partial charge in [-0.15, -0.1) is 0 Å². The van der Waals surface area contributed by atoms with Gasteiger partial charge in [-0.3, -0.25) is 9.69 Å². The summed E-state index contributed by atoms with van der Waals surface area (Å²) in [6.07, 6.45) is 3.20. The van der Waals surface area contributed by atoms with E-state index in [2.05, 4.69) is 28.1 Å². The van der Waals surface area contributed by atoms with Gasteiger partial charge >= 0.3 is 0 Å². The first kappa shape index (κ1) is 34.8. The monoisotopic (exact) mass is 697 g/mol. The molecule has 266 valence electrons. The molecule has 4 heterocycles. The molecule has 3 aliphatic rings. The Morgan fingerprint density at radius 1 is 0.918 bits per heavy atom. The molecule has 1 atom stereocenters. The van der Waals surface area contributed by atoms with Crippen LogP contribution in [0.4, 0.5) is 5.82 Å². The largest absolute Gasteiger partial charge is 0.493 e. The third-order valence-corrected chi connectivity index (χ3v) is 11.4. The van der Waals surface area contributed by atoms with E-state index in [1.165, 1.54) is 16.4 Å². The number of nitrogens with zero attached hydrogens (tertiary/aromatic N) is 4. The smallest absolute Gasteiger partial charge is 0.243 e. The Morgan fingerprint density at radius 2 is 1.69 bits per heavy atom. The van der Waals surface area contributed by atoms with Crippen LogP contribution in [-0.2, 0) is 21.4 Å². The van der Waals surface area contributed by atoms with Crippen LogP contribution in [0, 0.1) is 5.92 Å². The number of amides is 1. The maximum atomic E-state index is 13.9. The summed E-state index contributed by atoms with van der Waals surface area (Å²) in [5, 5.41) is 3.88. The highest BCUT2D eigenvalue weighted by molar-refractivity contribution is 7.89. The highest BCUT2D eigenvalue weighted by Gasteiger charge is 2.30. The van der Waals surface area contributed by atoms with Crippen LogP contribution in [0.3, 0.4) is 0 Å². The van der Waals surface area contributed by atoms with Crippen molar-refractivity contribution in [3.05, 3.63) is 35.9 Å². The lowest BCUT2D eigenvalue weighted by molar-refractivity contribution is -0.121. The molecule has 0 aliphatic carbocycles. The summed E-state index contributed by atoms with van der Waals surface area (Å²) < 4.78 is 57.6. The van der Waals surface area contributed by atoms with Crippen LogP contribution < -0.4 is 33.9 Å². The number of anilines is 1. The van der Waals surface area contributed by atoms with Crippen molar-refractivity contribution in [1.82, 2.24) is 19.5 Å². The van der Waals surface area contributed by atoms with Crippen LogP contribution >= 0.6 is 0 Å². The maximum Gasteiger partial charge on any atom is 0.243 e. The lowest BCUT2D eigenvalue weighted by Crippen LogP contribution is -2.45. The predicted molar refractivity (Wildman–Crippen MR) is 186 cm³/mol. The van der Waals surface area contributed by atoms with Crippen LogP contribution in [-0.4, -0.2) is 109 Å². The SMILES string of the molecule is CCN1CCCCN(S(=O)(=O)c2ccc3c(c2)OCCO3)CC(=O)NCC2CCCN(C2)c2nc3cc(OC)c(OC)c(OC)c3cc2C1. The van der Waals surface area contributed by atoms with E-state index >= 15 is 0 Å². The van der Waals surface area contributed by atoms with Crippen molar-refractivity contribution >= 4 is 32.7 Å². The summed E-state index contributed by atoms with van der Waals surface area (Å²) in [7, 11) is 0.829. The fraction of sp³-hybridized carbons (Fsp3) is 0.543. The number of carbonyl (C=O) groups is 1. The molecule has 1 unspecified atom stereocenters. The Kier molecular flexibility index (Phi) is 10.8. The van der Waals surface area contributed by atoms with Crippen molar-refractivity contribution in [2.75, 3.05) is 85.3 Å². The van der Waals surface area contributed by atoms with Gasteiger partial charge in [-0.2, -0.15) is 4.31 Å². The number of rotatable bonds is 6. The summed E-state index contributed by atoms with van der Waals surface area (Å²) in [5.74, 6) is 3.31. The summed E-state index contributed by atoms with van der Waals surface area (Å²) in [6, 6.07) is 8.67. The molecule has 2 aromatic carbocycles. The second kappa shape index (κ2) is 15.3. The van der Waals surface area contributed by atoms with Crippen LogP contribution in [0.25, 0.3) is 10.9 Å². The highest BCUT2D eigenvalue weighted by atomic mass is 32.2. The summed E-state index contributed by atoms with van der Waals surface area (Å²) in [6.45, 7) is 7.03. The third kappa shape index (κ3) is 7.46. The molecule has 14 heteroatoms. The number of hydrogen-bond acceptors (Lipinski definition) is 11. The molecule has 0 spiro atoms. The van der Waals surface area contributed by atoms with E-state index in [9.17, 15) is 13.2 Å². The Morgan fingerprint density at radius 3 is 2.45 bits per heavy atom. The molecule has 1 N–H and O–H groups in total. The van der Waals surface area contributed by atoms with Crippen molar-refractivity contribution in [3.8, 4) is 28.7 Å². The molecule has 3 aliphatic heterocycles. The van der Waals surface area contributed by atoms with E-state index in [4.69, 9.17) is 28.7 Å². The first-order chi connectivity index (χ1) is 23.7. The average Bonchev–Trinajstić information content (AvgIpc) is 3.12. The van der Waals surface area contributed by atoms with Gasteiger partial charge in [-0.05, 0) is 62.9 Å². The Balaban J connectivity index is 1.31. The highest BCUT2D eigenvalue weighted by Crippen LogP contribution is 2.44. The zero-order valence-electron chi connectivity index (χ0n) is 28.8. The number of pyridine rings is 1. The van der Waals surface area contributed by atoms with Gasteiger partial charge in [0, 0.05) is 55.8 Å². The van der Waals surface area contributed by atoms with Crippen molar-refractivity contribution < 1.29 is 36.9 Å². The second-order valence-electron chi connectivity index (χ2n) is 12.7. The number of hydrogen-bond donors (Lipinski definition) is 1. The van der Waals surface area contributed by atoms with Gasteiger partial charge < -0.3 is 33.9 Å². The number of methoxy groups -OCH3 is 3. The van der Waals surface area contributed by atoms with E-state index in [0.29, 0.717) is 68.0 Å². The number of aromatic nitrogens is 1. The number of nitrogens with one attached hydrogen (secondary N) is 1. The number of sulfonamides is 1. The lowest BCUT2D eigenvalue weighted by Gasteiger charge is -2.36. The van der Waals surface area contributed by atoms with E-state index < -0.39 is 10.0 Å². The van der Waals surface area contributed by atoms with Crippen molar-refractivity contribution in [2.45, 2.75) is 44.0 Å². The minimum Gasteiger partial charge on any atom is -0.493 e. The standard InChI is InChI=1S/C35H47N5O8S/c1-5-38-12-6-7-14-40(49(42,43)26-10-11-29-30(18-26)48-16-15-47-29)23-32(41)36-20-24-9-8-13-39(21-24)35-25(22-38)17-27-28(37-35)19-31(44-2)34(46-4)33(27)45-3/h10-11,17-19,24H,5-9,12-16,20-23H2,1-4H3,(H,36,41). The summed E-state index contributed by atoms with van der Waals surface area (Å²) >= 11 is 0. The van der Waals surface area contributed by atoms with E-state index in [-0.39, 0.29) is 29.8 Å². The summed E-state index contributed by atoms with van der Waals surface area (Å²) in [5.41, 5.74) is 1.82. The van der Waals surface area contributed by atoms with Crippen molar-refractivity contribution in [2.24, 2.45) is 5.92 Å². The topological polar surface area (TPSA) is 132 Å². The van der Waals surface area contributed by atoms with Gasteiger partial charge in [0.05, 0.1) is 38.3 Å². The Hall–Kier alpha value is -4.01. The van der Waals surface area contributed by atoms with E-state index in [1.807, 2.05) is 6.07 Å². The molecular formula is C35H47N5O8S. The minimum absolute atomic E-state index is 0.0815. The van der Waals surface area contributed by atoms with E-state index in [1.54, 1.807) is 27.4 Å². The number of carbonyl (C=O) groups excluding carboxylic acids is 1. The van der Waals surface area contributed by atoms with Crippen molar-refractivity contribution in [1.29, 1.82) is 0 Å². The molecule has 1 fully saturated rings. The molecular weight excluding hydrogens is 650 g/mol. The van der Waals surface area contributed by atoms with Crippen molar-refractivity contribution in [3.63, 3.8) is 0 Å². The molecule has 1 amide bonds. The Labute approximate surface area is 288 Å². The number of benzene rings is 2. The molecule has 13 nitrogen and oxygen atoms in total. The number of ether oxygens (including phenoxy) is 5. The molecule has 1 aromatic heterocycles. The van der Waals surface area contributed by atoms with Gasteiger partial charge in [0.2, 0.25) is 21.7 Å². The van der Waals surface area contributed by atoms with Crippen LogP contribution in [0.1, 0.15) is 38.2 Å². The first-order valence-electron chi connectivity index (χ1n) is 17.0. The normalized spacial score (nSPS) is 20.0.